The summed E-state index contributed by atoms with van der Waals surface area (Å²) in [6, 6.07) is 8.84. The van der Waals surface area contributed by atoms with Crippen LogP contribution in [0.5, 0.6) is 0 Å². The molecule has 28 heavy (non-hydrogen) atoms. The summed E-state index contributed by atoms with van der Waals surface area (Å²) in [4.78, 5) is 37.4. The second kappa shape index (κ2) is 10.2. The van der Waals surface area contributed by atoms with Crippen molar-refractivity contribution in [2.24, 2.45) is 0 Å². The zero-order valence-electron chi connectivity index (χ0n) is 15.7. The van der Waals surface area contributed by atoms with Crippen molar-refractivity contribution in [3.8, 4) is 0 Å². The normalized spacial score (nSPS) is 17.1. The first kappa shape index (κ1) is 21.8. The molecule has 1 aliphatic rings. The highest BCUT2D eigenvalue weighted by Gasteiger charge is 2.32. The van der Waals surface area contributed by atoms with E-state index in [1.54, 1.807) is 13.0 Å². The Hall–Kier alpha value is -2.45. The Balaban J connectivity index is 1.98. The number of carbonyl (C=O) groups excluding carboxylic acids is 2. The SMILES string of the molecule is CC[C@H](NC(=O)CCN1C(=O)/C(=C\C(C)=C\c2ccccc2)SC1=S)C(=O)O. The lowest BCUT2D eigenvalue weighted by molar-refractivity contribution is -0.142. The summed E-state index contributed by atoms with van der Waals surface area (Å²) in [6.45, 7) is 3.70. The van der Waals surface area contributed by atoms with Gasteiger partial charge in [0.15, 0.2) is 0 Å². The van der Waals surface area contributed by atoms with E-state index in [2.05, 4.69) is 5.32 Å². The fraction of sp³-hybridized carbons (Fsp3) is 0.300. The predicted octanol–water partition coefficient (Wildman–Crippen LogP) is 3.20. The van der Waals surface area contributed by atoms with E-state index >= 15 is 0 Å². The summed E-state index contributed by atoms with van der Waals surface area (Å²) < 4.78 is 0.391. The van der Waals surface area contributed by atoms with Crippen LogP contribution in [0.1, 0.15) is 32.3 Å². The number of nitrogens with one attached hydrogen (secondary N) is 1. The molecule has 1 aliphatic heterocycles. The molecule has 0 aromatic heterocycles. The van der Waals surface area contributed by atoms with Crippen LogP contribution in [0, 0.1) is 0 Å². The number of nitrogens with zero attached hydrogens (tertiary/aromatic N) is 1. The molecule has 0 aliphatic carbocycles. The number of allylic oxidation sites excluding steroid dienone is 2. The molecular weight excluding hydrogens is 396 g/mol. The molecule has 1 aromatic carbocycles. The highest BCUT2D eigenvalue weighted by molar-refractivity contribution is 8.26. The van der Waals surface area contributed by atoms with Crippen molar-refractivity contribution in [2.45, 2.75) is 32.7 Å². The number of hydrogen-bond acceptors (Lipinski definition) is 5. The van der Waals surface area contributed by atoms with E-state index in [1.165, 1.54) is 16.7 Å². The molecule has 1 atom stereocenters. The van der Waals surface area contributed by atoms with Crippen LogP contribution in [0.25, 0.3) is 6.08 Å². The summed E-state index contributed by atoms with van der Waals surface area (Å²) in [7, 11) is 0. The van der Waals surface area contributed by atoms with Gasteiger partial charge in [-0.2, -0.15) is 0 Å². The number of aliphatic carboxylic acids is 1. The minimum Gasteiger partial charge on any atom is -0.480 e. The first-order chi connectivity index (χ1) is 13.3. The van der Waals surface area contributed by atoms with Gasteiger partial charge in [-0.25, -0.2) is 4.79 Å². The highest BCUT2D eigenvalue weighted by Crippen LogP contribution is 2.32. The topological polar surface area (TPSA) is 86.7 Å². The molecule has 2 amide bonds. The number of thioether (sulfide) groups is 1. The molecule has 0 unspecified atom stereocenters. The minimum absolute atomic E-state index is 0.0116. The van der Waals surface area contributed by atoms with Gasteiger partial charge >= 0.3 is 5.97 Å². The smallest absolute Gasteiger partial charge is 0.326 e. The number of carboxylic acids is 1. The first-order valence-corrected chi connectivity index (χ1v) is 10.0. The average Bonchev–Trinajstić information content (AvgIpc) is 2.91. The molecule has 0 saturated carbocycles. The Morgan fingerprint density at radius 3 is 2.61 bits per heavy atom. The van der Waals surface area contributed by atoms with Crippen molar-refractivity contribution in [3.63, 3.8) is 0 Å². The molecule has 2 N–H and O–H groups in total. The maximum atomic E-state index is 12.6. The summed E-state index contributed by atoms with van der Waals surface area (Å²) in [5.41, 5.74) is 1.95. The van der Waals surface area contributed by atoms with Gasteiger partial charge in [0.25, 0.3) is 5.91 Å². The van der Waals surface area contributed by atoms with Crippen LogP contribution in [-0.4, -0.2) is 44.7 Å². The Kier molecular flexibility index (Phi) is 7.95. The molecule has 2 rings (SSSR count). The van der Waals surface area contributed by atoms with Gasteiger partial charge in [0, 0.05) is 13.0 Å². The first-order valence-electron chi connectivity index (χ1n) is 8.82. The number of carbonyl (C=O) groups is 3. The fourth-order valence-corrected chi connectivity index (χ4v) is 3.93. The molecule has 0 radical (unpaired) electrons. The summed E-state index contributed by atoms with van der Waals surface area (Å²) in [6.07, 6.45) is 4.03. The highest BCUT2D eigenvalue weighted by atomic mass is 32.2. The average molecular weight is 419 g/mol. The summed E-state index contributed by atoms with van der Waals surface area (Å²) in [5, 5.41) is 11.4. The van der Waals surface area contributed by atoms with E-state index in [-0.39, 0.29) is 25.3 Å². The van der Waals surface area contributed by atoms with E-state index < -0.39 is 17.9 Å². The van der Waals surface area contributed by atoms with E-state index in [4.69, 9.17) is 17.3 Å². The van der Waals surface area contributed by atoms with Gasteiger partial charge in [-0.1, -0.05) is 67.3 Å². The Morgan fingerprint density at radius 2 is 2.00 bits per heavy atom. The lowest BCUT2D eigenvalue weighted by atomic mass is 10.1. The van der Waals surface area contributed by atoms with Crippen molar-refractivity contribution in [2.75, 3.05) is 6.54 Å². The molecular formula is C20H22N2O4S2. The Bertz CT molecular complexity index is 834. The third kappa shape index (κ3) is 6.03. The summed E-state index contributed by atoms with van der Waals surface area (Å²) in [5.74, 6) is -1.74. The second-order valence-corrected chi connectivity index (χ2v) is 7.92. The zero-order chi connectivity index (χ0) is 20.7. The lowest BCUT2D eigenvalue weighted by Crippen LogP contribution is -2.42. The largest absolute Gasteiger partial charge is 0.480 e. The van der Waals surface area contributed by atoms with Crippen molar-refractivity contribution < 1.29 is 19.5 Å². The molecule has 0 bridgehead atoms. The minimum atomic E-state index is -1.08. The Morgan fingerprint density at radius 1 is 1.32 bits per heavy atom. The van der Waals surface area contributed by atoms with Gasteiger partial charge in [-0.05, 0) is 30.6 Å². The quantitative estimate of drug-likeness (QED) is 0.498. The predicted molar refractivity (Wildman–Crippen MR) is 115 cm³/mol. The zero-order valence-corrected chi connectivity index (χ0v) is 17.3. The van der Waals surface area contributed by atoms with Gasteiger partial charge in [-0.3, -0.25) is 14.5 Å². The number of carboxylic acid groups (broad SMARTS) is 1. The number of hydrogen-bond donors (Lipinski definition) is 2. The lowest BCUT2D eigenvalue weighted by Gasteiger charge is -2.16. The van der Waals surface area contributed by atoms with Gasteiger partial charge in [-0.15, -0.1) is 0 Å². The van der Waals surface area contributed by atoms with E-state index in [0.717, 1.165) is 11.1 Å². The molecule has 1 saturated heterocycles. The molecule has 8 heteroatoms. The van der Waals surface area contributed by atoms with Crippen molar-refractivity contribution in [1.82, 2.24) is 10.2 Å². The molecule has 0 spiro atoms. The van der Waals surface area contributed by atoms with Crippen LogP contribution >= 0.6 is 24.0 Å². The van der Waals surface area contributed by atoms with Gasteiger partial charge in [0.05, 0.1) is 4.91 Å². The maximum absolute atomic E-state index is 12.6. The van der Waals surface area contributed by atoms with E-state index in [0.29, 0.717) is 9.23 Å². The molecule has 6 nitrogen and oxygen atoms in total. The maximum Gasteiger partial charge on any atom is 0.326 e. The van der Waals surface area contributed by atoms with Gasteiger partial charge in [0.2, 0.25) is 5.91 Å². The van der Waals surface area contributed by atoms with Crippen LogP contribution in [0.3, 0.4) is 0 Å². The monoisotopic (exact) mass is 418 g/mol. The van der Waals surface area contributed by atoms with Crippen LogP contribution in [0.4, 0.5) is 0 Å². The fourth-order valence-electron chi connectivity index (χ4n) is 2.57. The molecule has 1 heterocycles. The van der Waals surface area contributed by atoms with Crippen LogP contribution in [0.15, 0.2) is 46.9 Å². The number of benzene rings is 1. The van der Waals surface area contributed by atoms with Crippen LogP contribution < -0.4 is 5.32 Å². The number of thiocarbonyl (C=S) groups is 1. The van der Waals surface area contributed by atoms with Crippen molar-refractivity contribution in [1.29, 1.82) is 0 Å². The standard InChI is InChI=1S/C20H22N2O4S2/c1-3-15(19(25)26)21-17(23)9-10-22-18(24)16(28-20(22)27)12-13(2)11-14-7-5-4-6-8-14/h4-8,11-12,15H,3,9-10H2,1-2H3,(H,21,23)(H,25,26)/b13-11+,16-12+/t15-/m0/s1. The third-order valence-electron chi connectivity index (χ3n) is 4.03. The number of amides is 2. The van der Waals surface area contributed by atoms with E-state index in [1.807, 2.05) is 43.3 Å². The van der Waals surface area contributed by atoms with Crippen LogP contribution in [-0.2, 0) is 14.4 Å². The van der Waals surface area contributed by atoms with Gasteiger partial charge in [0.1, 0.15) is 10.4 Å². The van der Waals surface area contributed by atoms with Gasteiger partial charge < -0.3 is 10.4 Å². The van der Waals surface area contributed by atoms with Crippen molar-refractivity contribution in [3.05, 3.63) is 52.4 Å². The number of rotatable bonds is 8. The second-order valence-electron chi connectivity index (χ2n) is 6.25. The molecule has 148 valence electrons. The van der Waals surface area contributed by atoms with Crippen LogP contribution in [0.2, 0.25) is 0 Å². The Labute approximate surface area is 173 Å². The van der Waals surface area contributed by atoms with E-state index in [9.17, 15) is 14.4 Å². The third-order valence-corrected chi connectivity index (χ3v) is 5.41. The molecule has 1 aromatic rings. The molecule has 1 fully saturated rings. The summed E-state index contributed by atoms with van der Waals surface area (Å²) >= 11 is 6.46. The van der Waals surface area contributed by atoms with Crippen molar-refractivity contribution >= 4 is 52.2 Å².